The highest BCUT2D eigenvalue weighted by Crippen LogP contribution is 2.22. The molecule has 26 heavy (non-hydrogen) atoms. The van der Waals surface area contributed by atoms with Crippen LogP contribution in [0.4, 0.5) is 21.8 Å². The van der Waals surface area contributed by atoms with Crippen molar-refractivity contribution in [2.24, 2.45) is 0 Å². The number of hydrogen-bond acceptors (Lipinski definition) is 6. The molecule has 0 amide bonds. The second-order valence-corrected chi connectivity index (χ2v) is 6.72. The lowest BCUT2D eigenvalue weighted by Gasteiger charge is -2.37. The van der Waals surface area contributed by atoms with Gasteiger partial charge in [-0.05, 0) is 31.2 Å². The lowest BCUT2D eigenvalue weighted by Crippen LogP contribution is -2.47. The molecule has 0 N–H and O–H groups in total. The van der Waals surface area contributed by atoms with E-state index in [1.165, 1.54) is 12.1 Å². The minimum atomic E-state index is -0.195. The third kappa shape index (κ3) is 3.72. The summed E-state index contributed by atoms with van der Waals surface area (Å²) in [5.41, 5.74) is 2.05. The van der Waals surface area contributed by atoms with Crippen LogP contribution in [0.5, 0.6) is 0 Å². The first-order chi connectivity index (χ1) is 12.7. The SMILES string of the molecule is Cc1cc(N2CCN(c3ccc(F)cc3)CC2)nc(N2CCOCC2)n1. The van der Waals surface area contributed by atoms with Crippen LogP contribution in [0, 0.1) is 12.7 Å². The molecule has 0 unspecified atom stereocenters. The number of morpholine rings is 1. The molecule has 0 bridgehead atoms. The van der Waals surface area contributed by atoms with E-state index >= 15 is 0 Å². The van der Waals surface area contributed by atoms with Gasteiger partial charge in [-0.3, -0.25) is 0 Å². The van der Waals surface area contributed by atoms with E-state index in [2.05, 4.69) is 25.8 Å². The van der Waals surface area contributed by atoms with Crippen molar-refractivity contribution in [1.29, 1.82) is 0 Å². The third-order valence-electron chi connectivity index (χ3n) is 4.92. The minimum Gasteiger partial charge on any atom is -0.378 e. The predicted octanol–water partition coefficient (Wildman–Crippen LogP) is 2.09. The Kier molecular flexibility index (Phi) is 4.88. The van der Waals surface area contributed by atoms with Crippen LogP contribution >= 0.6 is 0 Å². The summed E-state index contributed by atoms with van der Waals surface area (Å²) in [5, 5.41) is 0. The Balaban J connectivity index is 1.45. The molecule has 3 heterocycles. The van der Waals surface area contributed by atoms with Gasteiger partial charge in [0.05, 0.1) is 13.2 Å². The highest BCUT2D eigenvalue weighted by Gasteiger charge is 2.21. The fourth-order valence-electron chi connectivity index (χ4n) is 3.45. The number of aryl methyl sites for hydroxylation is 1. The van der Waals surface area contributed by atoms with Crippen LogP contribution in [0.15, 0.2) is 30.3 Å². The number of nitrogens with zero attached hydrogens (tertiary/aromatic N) is 5. The fraction of sp³-hybridized carbons (Fsp3) is 0.474. The van der Waals surface area contributed by atoms with Crippen molar-refractivity contribution in [3.8, 4) is 0 Å². The third-order valence-corrected chi connectivity index (χ3v) is 4.92. The van der Waals surface area contributed by atoms with Gasteiger partial charge >= 0.3 is 0 Å². The molecule has 2 fully saturated rings. The van der Waals surface area contributed by atoms with Gasteiger partial charge in [0.15, 0.2) is 0 Å². The van der Waals surface area contributed by atoms with Crippen molar-refractivity contribution in [3.63, 3.8) is 0 Å². The summed E-state index contributed by atoms with van der Waals surface area (Å²) < 4.78 is 18.5. The van der Waals surface area contributed by atoms with Crippen LogP contribution in [-0.2, 0) is 4.74 Å². The van der Waals surface area contributed by atoms with Crippen molar-refractivity contribution < 1.29 is 9.13 Å². The Morgan fingerprint density at radius 3 is 2.19 bits per heavy atom. The Labute approximate surface area is 153 Å². The zero-order valence-corrected chi connectivity index (χ0v) is 15.1. The van der Waals surface area contributed by atoms with Crippen molar-refractivity contribution in [3.05, 3.63) is 41.8 Å². The van der Waals surface area contributed by atoms with Crippen molar-refractivity contribution in [1.82, 2.24) is 9.97 Å². The zero-order chi connectivity index (χ0) is 17.9. The Hall–Kier alpha value is -2.41. The van der Waals surface area contributed by atoms with Gasteiger partial charge < -0.3 is 19.4 Å². The second kappa shape index (κ2) is 7.45. The summed E-state index contributed by atoms with van der Waals surface area (Å²) in [6.07, 6.45) is 0. The van der Waals surface area contributed by atoms with Crippen LogP contribution in [0.2, 0.25) is 0 Å². The van der Waals surface area contributed by atoms with Crippen LogP contribution < -0.4 is 14.7 Å². The van der Waals surface area contributed by atoms with Gasteiger partial charge in [0, 0.05) is 56.7 Å². The summed E-state index contributed by atoms with van der Waals surface area (Å²) in [7, 11) is 0. The Morgan fingerprint density at radius 2 is 1.50 bits per heavy atom. The predicted molar refractivity (Wildman–Crippen MR) is 101 cm³/mol. The summed E-state index contributed by atoms with van der Waals surface area (Å²) >= 11 is 0. The lowest BCUT2D eigenvalue weighted by atomic mass is 10.2. The van der Waals surface area contributed by atoms with E-state index in [4.69, 9.17) is 9.72 Å². The largest absolute Gasteiger partial charge is 0.378 e. The average molecular weight is 357 g/mol. The monoisotopic (exact) mass is 357 g/mol. The average Bonchev–Trinajstić information content (AvgIpc) is 2.69. The number of aromatic nitrogens is 2. The maximum atomic E-state index is 13.1. The van der Waals surface area contributed by atoms with Crippen LogP contribution in [-0.4, -0.2) is 62.5 Å². The first kappa shape index (κ1) is 17.0. The number of anilines is 3. The molecule has 0 saturated carbocycles. The molecule has 2 aliphatic rings. The van der Waals surface area contributed by atoms with Gasteiger partial charge in [-0.15, -0.1) is 0 Å². The van der Waals surface area contributed by atoms with Gasteiger partial charge in [0.1, 0.15) is 11.6 Å². The smallest absolute Gasteiger partial charge is 0.227 e. The molecule has 138 valence electrons. The first-order valence-corrected chi connectivity index (χ1v) is 9.13. The highest BCUT2D eigenvalue weighted by molar-refractivity contribution is 5.51. The quantitative estimate of drug-likeness (QED) is 0.838. The van der Waals surface area contributed by atoms with Crippen molar-refractivity contribution in [2.45, 2.75) is 6.92 Å². The maximum Gasteiger partial charge on any atom is 0.227 e. The number of rotatable bonds is 3. The van der Waals surface area contributed by atoms with Crippen molar-refractivity contribution in [2.75, 3.05) is 67.2 Å². The maximum absolute atomic E-state index is 13.1. The number of piperazine rings is 1. The summed E-state index contributed by atoms with van der Waals surface area (Å²) in [5.74, 6) is 1.58. The van der Waals surface area contributed by atoms with E-state index in [0.29, 0.717) is 0 Å². The number of hydrogen-bond donors (Lipinski definition) is 0. The molecule has 6 nitrogen and oxygen atoms in total. The van der Waals surface area contributed by atoms with E-state index in [0.717, 1.165) is 75.6 Å². The molecule has 2 saturated heterocycles. The van der Waals surface area contributed by atoms with Crippen LogP contribution in [0.25, 0.3) is 0 Å². The molecular formula is C19H24FN5O. The van der Waals surface area contributed by atoms with E-state index in [9.17, 15) is 4.39 Å². The van der Waals surface area contributed by atoms with Crippen molar-refractivity contribution >= 4 is 17.5 Å². The molecule has 2 aromatic rings. The van der Waals surface area contributed by atoms with Gasteiger partial charge in [-0.25, -0.2) is 9.37 Å². The molecule has 4 rings (SSSR count). The molecule has 0 spiro atoms. The zero-order valence-electron chi connectivity index (χ0n) is 15.1. The molecule has 0 atom stereocenters. The molecule has 2 aliphatic heterocycles. The standard InChI is InChI=1S/C19H24FN5O/c1-15-14-18(22-19(21-15)25-10-12-26-13-11-25)24-8-6-23(7-9-24)17-4-2-16(20)3-5-17/h2-5,14H,6-13H2,1H3. The number of benzene rings is 1. The fourth-order valence-corrected chi connectivity index (χ4v) is 3.45. The summed E-state index contributed by atoms with van der Waals surface area (Å²) in [6.45, 7) is 8.69. The van der Waals surface area contributed by atoms with Gasteiger partial charge in [-0.1, -0.05) is 0 Å². The molecule has 0 aliphatic carbocycles. The lowest BCUT2D eigenvalue weighted by molar-refractivity contribution is 0.122. The Bertz CT molecular complexity index is 740. The summed E-state index contributed by atoms with van der Waals surface area (Å²) in [6, 6.07) is 8.78. The molecule has 0 radical (unpaired) electrons. The Morgan fingerprint density at radius 1 is 0.846 bits per heavy atom. The van der Waals surface area contributed by atoms with E-state index < -0.39 is 0 Å². The second-order valence-electron chi connectivity index (χ2n) is 6.72. The molecule has 1 aromatic carbocycles. The summed E-state index contributed by atoms with van der Waals surface area (Å²) in [4.78, 5) is 16.2. The first-order valence-electron chi connectivity index (χ1n) is 9.13. The van der Waals surface area contributed by atoms with Crippen LogP contribution in [0.1, 0.15) is 5.69 Å². The van der Waals surface area contributed by atoms with E-state index in [-0.39, 0.29) is 5.82 Å². The van der Waals surface area contributed by atoms with Gasteiger partial charge in [0.25, 0.3) is 0 Å². The highest BCUT2D eigenvalue weighted by atomic mass is 19.1. The van der Waals surface area contributed by atoms with Gasteiger partial charge in [0.2, 0.25) is 5.95 Å². The molecule has 7 heteroatoms. The number of halogens is 1. The number of ether oxygens (including phenoxy) is 1. The normalized spacial score (nSPS) is 18.3. The van der Waals surface area contributed by atoms with Gasteiger partial charge in [-0.2, -0.15) is 4.98 Å². The minimum absolute atomic E-state index is 0.195. The molecule has 1 aromatic heterocycles. The topological polar surface area (TPSA) is 44.7 Å². The molecular weight excluding hydrogens is 333 g/mol. The van der Waals surface area contributed by atoms with Crippen LogP contribution in [0.3, 0.4) is 0 Å². The van der Waals surface area contributed by atoms with E-state index in [1.807, 2.05) is 19.1 Å². The van der Waals surface area contributed by atoms with E-state index in [1.54, 1.807) is 0 Å².